The maximum absolute atomic E-state index is 12.1. The fourth-order valence-corrected chi connectivity index (χ4v) is 2.62. The molecule has 33 heavy (non-hydrogen) atoms. The fraction of sp³-hybridized carbons (Fsp3) is 0.273. The lowest BCUT2D eigenvalue weighted by molar-refractivity contribution is -0.130. The Labute approximate surface area is 191 Å². The molecule has 0 unspecified atom stereocenters. The number of hydrogen-bond acceptors (Lipinski definition) is 8. The van der Waals surface area contributed by atoms with Crippen LogP contribution in [0.4, 0.5) is 0 Å². The maximum Gasteiger partial charge on any atom is 0.263 e. The van der Waals surface area contributed by atoms with Crippen molar-refractivity contribution < 1.29 is 19.1 Å². The van der Waals surface area contributed by atoms with Crippen LogP contribution >= 0.6 is 0 Å². The number of rotatable bonds is 10. The number of benzene rings is 2. The molecule has 3 rings (SSSR count). The largest absolute Gasteiger partial charge is 0.490 e. The summed E-state index contributed by atoms with van der Waals surface area (Å²) in [6.07, 6.45) is 1.47. The van der Waals surface area contributed by atoms with Crippen molar-refractivity contribution in [2.45, 2.75) is 13.5 Å². The van der Waals surface area contributed by atoms with E-state index in [0.29, 0.717) is 29.5 Å². The second-order valence-corrected chi connectivity index (χ2v) is 7.02. The Morgan fingerprint density at radius 1 is 1.12 bits per heavy atom. The topological polar surface area (TPSA) is 124 Å². The highest BCUT2D eigenvalue weighted by Gasteiger charge is 2.11. The number of ether oxygens (including phenoxy) is 2. The van der Waals surface area contributed by atoms with Crippen LogP contribution in [0.3, 0.4) is 0 Å². The van der Waals surface area contributed by atoms with Crippen LogP contribution in [0.1, 0.15) is 12.5 Å². The van der Waals surface area contributed by atoms with E-state index in [4.69, 9.17) is 9.47 Å². The monoisotopic (exact) mass is 451 g/mol. The van der Waals surface area contributed by atoms with Gasteiger partial charge in [0.1, 0.15) is 6.54 Å². The van der Waals surface area contributed by atoms with Crippen molar-refractivity contribution in [1.29, 1.82) is 0 Å². The van der Waals surface area contributed by atoms with Gasteiger partial charge in [-0.15, -0.1) is 10.2 Å². The molecule has 1 aromatic heterocycles. The first-order valence-electron chi connectivity index (χ1n) is 10.2. The van der Waals surface area contributed by atoms with Crippen molar-refractivity contribution in [2.75, 3.05) is 27.3 Å². The average molecular weight is 451 g/mol. The van der Waals surface area contributed by atoms with E-state index in [0.717, 1.165) is 5.56 Å². The second kappa shape index (κ2) is 11.4. The minimum Gasteiger partial charge on any atom is -0.490 e. The van der Waals surface area contributed by atoms with Crippen molar-refractivity contribution in [1.82, 2.24) is 30.5 Å². The molecule has 0 radical (unpaired) electrons. The predicted octanol–water partition coefficient (Wildman–Crippen LogP) is 1.36. The Morgan fingerprint density at radius 3 is 2.64 bits per heavy atom. The van der Waals surface area contributed by atoms with E-state index in [9.17, 15) is 9.59 Å². The molecular formula is C22H25N7O4. The van der Waals surface area contributed by atoms with E-state index >= 15 is 0 Å². The number of amides is 2. The number of nitrogens with one attached hydrogen (secondary N) is 1. The maximum atomic E-state index is 12.1. The number of likely N-dealkylation sites (N-methyl/N-ethyl adjacent to an activating group) is 1. The summed E-state index contributed by atoms with van der Waals surface area (Å²) in [5.41, 5.74) is 3.91. The molecule has 0 aliphatic heterocycles. The van der Waals surface area contributed by atoms with Gasteiger partial charge in [0.15, 0.2) is 18.1 Å². The van der Waals surface area contributed by atoms with E-state index in [2.05, 4.69) is 25.9 Å². The summed E-state index contributed by atoms with van der Waals surface area (Å²) in [5.74, 6) is 0.781. The summed E-state index contributed by atoms with van der Waals surface area (Å²) >= 11 is 0. The quantitative estimate of drug-likeness (QED) is 0.365. The van der Waals surface area contributed by atoms with E-state index in [1.165, 1.54) is 15.9 Å². The number of nitrogens with zero attached hydrogens (tertiary/aromatic N) is 6. The third kappa shape index (κ3) is 6.86. The zero-order valence-electron chi connectivity index (χ0n) is 18.6. The average Bonchev–Trinajstić information content (AvgIpc) is 3.27. The van der Waals surface area contributed by atoms with Gasteiger partial charge in [0.25, 0.3) is 11.8 Å². The lowest BCUT2D eigenvalue weighted by Gasteiger charge is -2.14. The third-order valence-corrected chi connectivity index (χ3v) is 4.29. The Balaban J connectivity index is 1.56. The summed E-state index contributed by atoms with van der Waals surface area (Å²) in [5, 5.41) is 16.0. The molecule has 0 atom stereocenters. The normalized spacial score (nSPS) is 10.8. The van der Waals surface area contributed by atoms with Gasteiger partial charge in [0, 0.05) is 19.7 Å². The van der Waals surface area contributed by atoms with Gasteiger partial charge in [-0.3, -0.25) is 9.59 Å². The zero-order chi connectivity index (χ0) is 23.6. The minimum absolute atomic E-state index is 0.0983. The van der Waals surface area contributed by atoms with Gasteiger partial charge >= 0.3 is 0 Å². The smallest absolute Gasteiger partial charge is 0.263 e. The van der Waals surface area contributed by atoms with Gasteiger partial charge in [-0.25, -0.2) is 5.43 Å². The van der Waals surface area contributed by atoms with Gasteiger partial charge in [-0.05, 0) is 35.9 Å². The molecular weight excluding hydrogens is 426 g/mol. The molecule has 0 fully saturated rings. The fourth-order valence-electron chi connectivity index (χ4n) is 2.62. The SMILES string of the molecule is CCOc1cc(/C=N/NC(=O)Cn2nnc(-c3ccccc3)n2)ccc1OCC(=O)N(C)C. The molecule has 0 aliphatic carbocycles. The third-order valence-electron chi connectivity index (χ3n) is 4.29. The van der Waals surface area contributed by atoms with Crippen LogP contribution in [0.2, 0.25) is 0 Å². The Hall–Kier alpha value is -4.28. The number of carbonyl (C=O) groups is 2. The minimum atomic E-state index is -0.407. The number of carbonyl (C=O) groups excluding carboxylic acids is 2. The van der Waals surface area contributed by atoms with Crippen molar-refractivity contribution >= 4 is 18.0 Å². The molecule has 2 aromatic carbocycles. The predicted molar refractivity (Wildman–Crippen MR) is 121 cm³/mol. The summed E-state index contributed by atoms with van der Waals surface area (Å²) in [4.78, 5) is 26.5. The van der Waals surface area contributed by atoms with Crippen LogP contribution < -0.4 is 14.9 Å². The first-order valence-corrected chi connectivity index (χ1v) is 10.2. The van der Waals surface area contributed by atoms with Crippen LogP contribution in [-0.4, -0.2) is 70.4 Å². The molecule has 11 nitrogen and oxygen atoms in total. The van der Waals surface area contributed by atoms with Crippen molar-refractivity contribution in [3.8, 4) is 22.9 Å². The van der Waals surface area contributed by atoms with Crippen LogP contribution in [-0.2, 0) is 16.1 Å². The molecule has 0 saturated carbocycles. The van der Waals surface area contributed by atoms with Gasteiger partial charge in [-0.2, -0.15) is 9.90 Å². The Kier molecular flexibility index (Phi) is 8.06. The molecule has 172 valence electrons. The van der Waals surface area contributed by atoms with Crippen LogP contribution in [0.15, 0.2) is 53.6 Å². The van der Waals surface area contributed by atoms with E-state index < -0.39 is 5.91 Å². The van der Waals surface area contributed by atoms with Crippen LogP contribution in [0.5, 0.6) is 11.5 Å². The van der Waals surface area contributed by atoms with Crippen molar-refractivity contribution in [3.63, 3.8) is 0 Å². The first-order chi connectivity index (χ1) is 16.0. The summed E-state index contributed by atoms with van der Waals surface area (Å²) < 4.78 is 11.1. The van der Waals surface area contributed by atoms with E-state index in [1.54, 1.807) is 32.3 Å². The van der Waals surface area contributed by atoms with Crippen molar-refractivity contribution in [2.24, 2.45) is 5.10 Å². The number of tetrazole rings is 1. The molecule has 2 amide bonds. The number of hydrogen-bond donors (Lipinski definition) is 1. The second-order valence-electron chi connectivity index (χ2n) is 7.02. The van der Waals surface area contributed by atoms with Crippen LogP contribution in [0.25, 0.3) is 11.4 Å². The standard InChI is InChI=1S/C22H25N7O4/c1-4-32-19-12-16(10-11-18(19)33-15-21(31)28(2)3)13-23-24-20(30)14-29-26-22(25-27-29)17-8-6-5-7-9-17/h5-13H,4,14-15H2,1-3H3,(H,24,30)/b23-13+. The molecule has 3 aromatic rings. The molecule has 0 bridgehead atoms. The van der Waals surface area contributed by atoms with Gasteiger partial charge < -0.3 is 14.4 Å². The summed E-state index contributed by atoms with van der Waals surface area (Å²) in [6.45, 7) is 2.04. The molecule has 1 N–H and O–H groups in total. The number of hydrazone groups is 1. The molecule has 0 aliphatic rings. The lowest BCUT2D eigenvalue weighted by Crippen LogP contribution is -2.27. The van der Waals surface area contributed by atoms with E-state index in [1.807, 2.05) is 37.3 Å². The van der Waals surface area contributed by atoms with Gasteiger partial charge in [0.05, 0.1) is 12.8 Å². The summed E-state index contributed by atoms with van der Waals surface area (Å²) in [6, 6.07) is 14.5. The zero-order valence-corrected chi connectivity index (χ0v) is 18.6. The molecule has 0 saturated heterocycles. The first kappa shape index (κ1) is 23.4. The Bertz CT molecular complexity index is 1110. The van der Waals surface area contributed by atoms with Crippen LogP contribution in [0, 0.1) is 0 Å². The van der Waals surface area contributed by atoms with Crippen molar-refractivity contribution in [3.05, 3.63) is 54.1 Å². The number of aromatic nitrogens is 4. The molecule has 1 heterocycles. The summed E-state index contributed by atoms with van der Waals surface area (Å²) in [7, 11) is 3.31. The molecule has 11 heteroatoms. The van der Waals surface area contributed by atoms with E-state index in [-0.39, 0.29) is 19.1 Å². The Morgan fingerprint density at radius 2 is 1.91 bits per heavy atom. The van der Waals surface area contributed by atoms with Gasteiger partial charge in [0.2, 0.25) is 5.82 Å². The molecule has 0 spiro atoms. The van der Waals surface area contributed by atoms with Gasteiger partial charge in [-0.1, -0.05) is 30.3 Å². The highest BCUT2D eigenvalue weighted by atomic mass is 16.5. The lowest BCUT2D eigenvalue weighted by atomic mass is 10.2. The highest BCUT2D eigenvalue weighted by molar-refractivity contribution is 5.83. The highest BCUT2D eigenvalue weighted by Crippen LogP contribution is 2.28.